The van der Waals surface area contributed by atoms with E-state index in [2.05, 4.69) is 9.97 Å². The Kier molecular flexibility index (Phi) is 4.98. The molecule has 0 unspecified atom stereocenters. The Morgan fingerprint density at radius 1 is 1.04 bits per heavy atom. The molecule has 0 aliphatic carbocycles. The predicted molar refractivity (Wildman–Crippen MR) is 99.3 cm³/mol. The number of sulfonamides is 1. The molecule has 0 saturated carbocycles. The van der Waals surface area contributed by atoms with Crippen LogP contribution in [0.5, 0.6) is 17.2 Å². The average molecular weight is 387 g/mol. The van der Waals surface area contributed by atoms with Crippen LogP contribution in [-0.4, -0.2) is 41.9 Å². The molecule has 0 bridgehead atoms. The number of aromatic nitrogens is 2. The minimum absolute atomic E-state index is 0.0687. The van der Waals surface area contributed by atoms with Crippen molar-refractivity contribution < 1.29 is 18.3 Å². The highest BCUT2D eigenvalue weighted by molar-refractivity contribution is 7.89. The summed E-state index contributed by atoms with van der Waals surface area (Å²) < 4.78 is 31.0. The monoisotopic (exact) mass is 387 g/mol. The molecule has 27 heavy (non-hydrogen) atoms. The Morgan fingerprint density at radius 3 is 2.37 bits per heavy atom. The van der Waals surface area contributed by atoms with E-state index in [1.807, 2.05) is 0 Å². The van der Waals surface area contributed by atoms with Crippen molar-refractivity contribution in [1.29, 1.82) is 0 Å². The van der Waals surface area contributed by atoms with E-state index >= 15 is 0 Å². The zero-order valence-electron chi connectivity index (χ0n) is 14.6. The number of aromatic hydroxyl groups is 1. The first kappa shape index (κ1) is 18.6. The molecule has 9 heteroatoms. The highest BCUT2D eigenvalue weighted by Crippen LogP contribution is 2.30. The number of aromatic amines is 1. The molecule has 2 aromatic carbocycles. The van der Waals surface area contributed by atoms with Gasteiger partial charge in [-0.1, -0.05) is 0 Å². The quantitative estimate of drug-likeness (QED) is 0.694. The van der Waals surface area contributed by atoms with E-state index in [9.17, 15) is 18.3 Å². The Hall–Kier alpha value is -3.17. The second-order valence-electron chi connectivity index (χ2n) is 5.86. The topological polar surface area (TPSA) is 113 Å². The number of hydrogen-bond acceptors (Lipinski definition) is 6. The molecule has 0 radical (unpaired) electrons. The van der Waals surface area contributed by atoms with Crippen LogP contribution >= 0.6 is 0 Å². The zero-order valence-corrected chi connectivity index (χ0v) is 15.4. The maximum absolute atomic E-state index is 12.1. The number of phenols is 1. The van der Waals surface area contributed by atoms with E-state index in [1.54, 1.807) is 6.07 Å². The van der Waals surface area contributed by atoms with Gasteiger partial charge in [0.15, 0.2) is 0 Å². The van der Waals surface area contributed by atoms with Crippen LogP contribution in [0.2, 0.25) is 0 Å². The van der Waals surface area contributed by atoms with Crippen molar-refractivity contribution in [3.8, 4) is 28.6 Å². The van der Waals surface area contributed by atoms with Gasteiger partial charge in [0, 0.05) is 38.0 Å². The number of benzene rings is 2. The summed E-state index contributed by atoms with van der Waals surface area (Å²) in [5.41, 5.74) is 0.151. The summed E-state index contributed by atoms with van der Waals surface area (Å²) in [5.74, 6) is 0.912. The molecule has 0 aliphatic rings. The smallest absolute Gasteiger partial charge is 0.251 e. The van der Waals surface area contributed by atoms with Crippen LogP contribution in [0.15, 0.2) is 64.4 Å². The van der Waals surface area contributed by atoms with Crippen molar-refractivity contribution in [2.75, 3.05) is 14.1 Å². The summed E-state index contributed by atoms with van der Waals surface area (Å²) in [6.07, 6.45) is 1.36. The summed E-state index contributed by atoms with van der Waals surface area (Å²) in [6, 6.07) is 11.6. The predicted octanol–water partition coefficient (Wildman–Crippen LogP) is 2.19. The largest absolute Gasteiger partial charge is 0.508 e. The van der Waals surface area contributed by atoms with Gasteiger partial charge in [0.25, 0.3) is 5.56 Å². The van der Waals surface area contributed by atoms with Crippen LogP contribution in [-0.2, 0) is 10.0 Å². The Labute approximate surface area is 155 Å². The zero-order chi connectivity index (χ0) is 19.6. The van der Waals surface area contributed by atoms with Gasteiger partial charge in [0.1, 0.15) is 23.1 Å². The van der Waals surface area contributed by atoms with Crippen molar-refractivity contribution in [2.45, 2.75) is 4.90 Å². The van der Waals surface area contributed by atoms with Crippen LogP contribution in [0.4, 0.5) is 0 Å². The lowest BCUT2D eigenvalue weighted by Crippen LogP contribution is -2.22. The SMILES string of the molecule is CN(C)S(=O)(=O)c1ccc(Oc2cc(O)cc(-c3nccc(=O)[nH]3)c2)cc1. The first-order valence-electron chi connectivity index (χ1n) is 7.86. The number of nitrogens with one attached hydrogen (secondary N) is 1. The van der Waals surface area contributed by atoms with Crippen LogP contribution in [0, 0.1) is 0 Å². The summed E-state index contributed by atoms with van der Waals surface area (Å²) >= 11 is 0. The van der Waals surface area contributed by atoms with Gasteiger partial charge >= 0.3 is 0 Å². The van der Waals surface area contributed by atoms with Gasteiger partial charge in [0.2, 0.25) is 10.0 Å². The molecule has 1 aromatic heterocycles. The Morgan fingerprint density at radius 2 is 1.74 bits per heavy atom. The van der Waals surface area contributed by atoms with Gasteiger partial charge in [-0.25, -0.2) is 17.7 Å². The third-order valence-corrected chi connectivity index (χ3v) is 5.50. The molecule has 8 nitrogen and oxygen atoms in total. The summed E-state index contributed by atoms with van der Waals surface area (Å²) in [6.45, 7) is 0. The van der Waals surface area contributed by atoms with E-state index in [0.717, 1.165) is 4.31 Å². The molecule has 140 valence electrons. The molecule has 2 N–H and O–H groups in total. The van der Waals surface area contributed by atoms with Gasteiger partial charge in [-0.05, 0) is 36.4 Å². The van der Waals surface area contributed by atoms with Crippen LogP contribution in [0.25, 0.3) is 11.4 Å². The first-order valence-corrected chi connectivity index (χ1v) is 9.30. The standard InChI is InChI=1S/C18H17N3O5S/c1-21(2)27(24,25)16-5-3-14(4-6-16)26-15-10-12(9-13(22)11-15)18-19-8-7-17(23)20-18/h3-11,22H,1-2H3,(H,19,20,23). The number of hydrogen-bond donors (Lipinski definition) is 2. The van der Waals surface area contributed by atoms with E-state index < -0.39 is 10.0 Å². The molecule has 0 spiro atoms. The van der Waals surface area contributed by atoms with Crippen molar-refractivity contribution >= 4 is 10.0 Å². The second kappa shape index (κ2) is 7.22. The molecule has 0 saturated heterocycles. The molecule has 0 fully saturated rings. The van der Waals surface area contributed by atoms with Crippen LogP contribution in [0.1, 0.15) is 0 Å². The molecule has 0 aliphatic heterocycles. The molecule has 0 amide bonds. The summed E-state index contributed by atoms with van der Waals surface area (Å²) in [4.78, 5) is 18.2. The highest BCUT2D eigenvalue weighted by atomic mass is 32.2. The molecule has 3 rings (SSSR count). The Bertz CT molecular complexity index is 1120. The number of phenolic OH excluding ortho intramolecular Hbond substituents is 1. The maximum atomic E-state index is 12.1. The second-order valence-corrected chi connectivity index (χ2v) is 8.01. The number of nitrogens with zero attached hydrogens (tertiary/aromatic N) is 2. The third kappa shape index (κ3) is 4.15. The fourth-order valence-corrected chi connectivity index (χ4v) is 3.22. The van der Waals surface area contributed by atoms with Crippen molar-refractivity contribution in [1.82, 2.24) is 14.3 Å². The lowest BCUT2D eigenvalue weighted by molar-refractivity contribution is 0.455. The van der Waals surface area contributed by atoms with E-state index in [0.29, 0.717) is 17.1 Å². The van der Waals surface area contributed by atoms with Gasteiger partial charge in [-0.2, -0.15) is 0 Å². The van der Waals surface area contributed by atoms with Gasteiger partial charge < -0.3 is 14.8 Å². The lowest BCUT2D eigenvalue weighted by Gasteiger charge is -2.12. The number of rotatable bonds is 5. The minimum Gasteiger partial charge on any atom is -0.508 e. The Balaban J connectivity index is 1.89. The summed E-state index contributed by atoms with van der Waals surface area (Å²) in [5, 5.41) is 9.93. The molecular formula is C18H17N3O5S. The fourth-order valence-electron chi connectivity index (χ4n) is 2.32. The lowest BCUT2D eigenvalue weighted by atomic mass is 10.2. The van der Waals surface area contributed by atoms with E-state index in [1.165, 1.54) is 62.8 Å². The van der Waals surface area contributed by atoms with Crippen molar-refractivity contribution in [3.63, 3.8) is 0 Å². The maximum Gasteiger partial charge on any atom is 0.251 e. The van der Waals surface area contributed by atoms with Gasteiger partial charge in [-0.3, -0.25) is 4.79 Å². The van der Waals surface area contributed by atoms with E-state index in [-0.39, 0.29) is 22.0 Å². The normalized spacial score (nSPS) is 11.5. The number of H-pyrrole nitrogens is 1. The minimum atomic E-state index is -3.52. The molecule has 0 atom stereocenters. The average Bonchev–Trinajstić information content (AvgIpc) is 2.61. The first-order chi connectivity index (χ1) is 12.8. The van der Waals surface area contributed by atoms with Gasteiger partial charge in [-0.15, -0.1) is 0 Å². The molecule has 3 aromatic rings. The van der Waals surface area contributed by atoms with Crippen molar-refractivity contribution in [2.24, 2.45) is 0 Å². The summed E-state index contributed by atoms with van der Waals surface area (Å²) in [7, 11) is -0.616. The van der Waals surface area contributed by atoms with E-state index in [4.69, 9.17) is 4.74 Å². The van der Waals surface area contributed by atoms with Gasteiger partial charge in [0.05, 0.1) is 4.90 Å². The van der Waals surface area contributed by atoms with Crippen molar-refractivity contribution in [3.05, 3.63) is 65.1 Å². The van der Waals surface area contributed by atoms with Crippen LogP contribution < -0.4 is 10.3 Å². The van der Waals surface area contributed by atoms with Crippen LogP contribution in [0.3, 0.4) is 0 Å². The highest BCUT2D eigenvalue weighted by Gasteiger charge is 2.17. The molecule has 1 heterocycles. The molecular weight excluding hydrogens is 370 g/mol. The third-order valence-electron chi connectivity index (χ3n) is 3.67. The number of ether oxygens (including phenoxy) is 1. The fraction of sp³-hybridized carbons (Fsp3) is 0.111.